The van der Waals surface area contributed by atoms with Crippen LogP contribution in [0.25, 0.3) is 0 Å². The maximum Gasteiger partial charge on any atom is 0.245 e. The Bertz CT molecular complexity index is 956. The molecular weight excluding hydrogens is 412 g/mol. The third-order valence-corrected chi connectivity index (χ3v) is 9.32. The summed E-state index contributed by atoms with van der Waals surface area (Å²) >= 11 is 0. The molecule has 1 spiro atoms. The first kappa shape index (κ1) is 21.5. The van der Waals surface area contributed by atoms with Crippen molar-refractivity contribution in [1.29, 1.82) is 0 Å². The number of fused-ring (bicyclic) bond motifs is 2. The van der Waals surface area contributed by atoms with Gasteiger partial charge >= 0.3 is 0 Å². The number of nitrogens with zero attached hydrogens (tertiary/aromatic N) is 4. The van der Waals surface area contributed by atoms with E-state index in [0.717, 1.165) is 51.5 Å². The van der Waals surface area contributed by atoms with Crippen molar-refractivity contribution in [2.45, 2.75) is 70.3 Å². The first-order chi connectivity index (χ1) is 16.0. The maximum atomic E-state index is 12.0. The van der Waals surface area contributed by atoms with E-state index in [1.165, 1.54) is 48.7 Å². The van der Waals surface area contributed by atoms with Crippen LogP contribution in [0, 0.1) is 17.3 Å². The molecule has 0 radical (unpaired) electrons. The number of hydrazine groups is 1. The Morgan fingerprint density at radius 2 is 1.97 bits per heavy atom. The van der Waals surface area contributed by atoms with E-state index in [2.05, 4.69) is 36.2 Å². The smallest absolute Gasteiger partial charge is 0.245 e. The lowest BCUT2D eigenvalue weighted by Crippen LogP contribution is -2.59. The maximum absolute atomic E-state index is 12.0. The zero-order chi connectivity index (χ0) is 22.7. The second kappa shape index (κ2) is 8.05. The summed E-state index contributed by atoms with van der Waals surface area (Å²) in [5.74, 6) is 3.24. The van der Waals surface area contributed by atoms with Crippen molar-refractivity contribution >= 4 is 11.9 Å². The minimum absolute atomic E-state index is 0.0554. The van der Waals surface area contributed by atoms with Crippen LogP contribution in [0.1, 0.15) is 74.7 Å². The van der Waals surface area contributed by atoms with E-state index in [1.54, 1.807) is 0 Å². The standard InChI is InChI=1S/C26H38N6O/c1-4-21(33)32-14-26(15-32)10-11-31(13-26)25-28-23-17(3)6-5-7-18(23)24(29-25)22-16(2)8-9-20-19(22)12-27-30-20/h4,16-17,19-20,22,27,30H,1,5-15H2,2-3H3. The average Bonchev–Trinajstić information content (AvgIpc) is 3.45. The molecule has 178 valence electrons. The van der Waals surface area contributed by atoms with Crippen LogP contribution in [-0.4, -0.2) is 59.5 Å². The summed E-state index contributed by atoms with van der Waals surface area (Å²) in [6, 6.07) is 0.555. The molecular formula is C26H38N6O. The van der Waals surface area contributed by atoms with Crippen molar-refractivity contribution < 1.29 is 4.79 Å². The quantitative estimate of drug-likeness (QED) is 0.690. The lowest BCUT2D eigenvalue weighted by Gasteiger charge is -2.47. The van der Waals surface area contributed by atoms with Gasteiger partial charge in [0.15, 0.2) is 0 Å². The van der Waals surface area contributed by atoms with Crippen LogP contribution in [0.15, 0.2) is 12.7 Å². The molecule has 6 rings (SSSR count). The number of nitrogens with one attached hydrogen (secondary N) is 2. The van der Waals surface area contributed by atoms with Gasteiger partial charge in [0, 0.05) is 50.1 Å². The van der Waals surface area contributed by atoms with E-state index in [0.29, 0.717) is 29.7 Å². The van der Waals surface area contributed by atoms with Crippen molar-refractivity contribution in [2.24, 2.45) is 17.3 Å². The van der Waals surface area contributed by atoms with Gasteiger partial charge in [0.05, 0.1) is 11.4 Å². The zero-order valence-electron chi connectivity index (χ0n) is 20.1. The fourth-order valence-corrected chi connectivity index (χ4v) is 7.46. The largest absolute Gasteiger partial charge is 0.340 e. The topological polar surface area (TPSA) is 73.4 Å². The molecule has 5 aliphatic rings. The van der Waals surface area contributed by atoms with Gasteiger partial charge in [-0.15, -0.1) is 0 Å². The highest BCUT2D eigenvalue weighted by molar-refractivity contribution is 5.87. The van der Waals surface area contributed by atoms with Gasteiger partial charge in [-0.05, 0) is 67.9 Å². The number of aromatic nitrogens is 2. The number of rotatable bonds is 3. The summed E-state index contributed by atoms with van der Waals surface area (Å²) in [4.78, 5) is 26.9. The highest BCUT2D eigenvalue weighted by Crippen LogP contribution is 2.47. The van der Waals surface area contributed by atoms with Gasteiger partial charge in [-0.1, -0.05) is 20.4 Å². The molecule has 3 saturated heterocycles. The Morgan fingerprint density at radius 3 is 2.79 bits per heavy atom. The van der Waals surface area contributed by atoms with Crippen molar-refractivity contribution in [3.63, 3.8) is 0 Å². The number of carbonyl (C=O) groups excluding carboxylic acids is 1. The fourth-order valence-electron chi connectivity index (χ4n) is 7.46. The normalized spacial score (nSPS) is 34.7. The van der Waals surface area contributed by atoms with Crippen LogP contribution in [0.5, 0.6) is 0 Å². The molecule has 7 heteroatoms. The summed E-state index contributed by atoms with van der Waals surface area (Å²) in [6.07, 6.45) is 8.64. The molecule has 7 nitrogen and oxygen atoms in total. The monoisotopic (exact) mass is 450 g/mol. The fraction of sp³-hybridized carbons (Fsp3) is 0.731. The summed E-state index contributed by atoms with van der Waals surface area (Å²) in [7, 11) is 0. The molecule has 2 N–H and O–H groups in total. The molecule has 0 bridgehead atoms. The van der Waals surface area contributed by atoms with Gasteiger partial charge in [0.25, 0.3) is 0 Å². The molecule has 5 atom stereocenters. The number of carbonyl (C=O) groups is 1. The lowest BCUT2D eigenvalue weighted by molar-refractivity contribution is -0.136. The molecule has 0 aromatic carbocycles. The molecule has 1 saturated carbocycles. The lowest BCUT2D eigenvalue weighted by atomic mass is 9.67. The van der Waals surface area contributed by atoms with Crippen molar-refractivity contribution in [3.8, 4) is 0 Å². The Hall–Kier alpha value is -1.99. The number of likely N-dealkylation sites (tertiary alicyclic amines) is 1. The highest BCUT2D eigenvalue weighted by atomic mass is 16.2. The third kappa shape index (κ3) is 3.50. The van der Waals surface area contributed by atoms with Crippen LogP contribution in [0.2, 0.25) is 0 Å². The van der Waals surface area contributed by atoms with Crippen molar-refractivity contribution in [3.05, 3.63) is 29.6 Å². The Labute approximate surface area is 197 Å². The summed E-state index contributed by atoms with van der Waals surface area (Å²) in [5, 5.41) is 0. The second-order valence-corrected chi connectivity index (χ2v) is 11.5. The van der Waals surface area contributed by atoms with Gasteiger partial charge in [-0.3, -0.25) is 15.6 Å². The summed E-state index contributed by atoms with van der Waals surface area (Å²) < 4.78 is 0. The number of amides is 1. The molecule has 4 heterocycles. The van der Waals surface area contributed by atoms with Gasteiger partial charge in [-0.25, -0.2) is 9.97 Å². The van der Waals surface area contributed by atoms with E-state index >= 15 is 0 Å². The van der Waals surface area contributed by atoms with E-state index in [4.69, 9.17) is 9.97 Å². The van der Waals surface area contributed by atoms with E-state index in [9.17, 15) is 4.79 Å². The van der Waals surface area contributed by atoms with E-state index in [-0.39, 0.29) is 11.3 Å². The zero-order valence-corrected chi connectivity index (χ0v) is 20.1. The molecule has 3 aliphatic heterocycles. The number of anilines is 1. The van der Waals surface area contributed by atoms with Crippen LogP contribution >= 0.6 is 0 Å². The molecule has 1 aromatic heterocycles. The van der Waals surface area contributed by atoms with Crippen LogP contribution in [-0.2, 0) is 11.2 Å². The van der Waals surface area contributed by atoms with E-state index < -0.39 is 0 Å². The highest BCUT2D eigenvalue weighted by Gasteiger charge is 2.50. The van der Waals surface area contributed by atoms with Gasteiger partial charge in [0.2, 0.25) is 11.9 Å². The van der Waals surface area contributed by atoms with Crippen LogP contribution in [0.3, 0.4) is 0 Å². The minimum atomic E-state index is 0.0554. The Morgan fingerprint density at radius 1 is 1.15 bits per heavy atom. The van der Waals surface area contributed by atoms with Crippen LogP contribution in [0.4, 0.5) is 5.95 Å². The minimum Gasteiger partial charge on any atom is -0.340 e. The molecule has 1 amide bonds. The first-order valence-corrected chi connectivity index (χ1v) is 13.0. The van der Waals surface area contributed by atoms with Gasteiger partial charge < -0.3 is 9.80 Å². The first-order valence-electron chi connectivity index (χ1n) is 13.0. The predicted octanol–water partition coefficient (Wildman–Crippen LogP) is 2.75. The molecule has 2 aliphatic carbocycles. The molecule has 4 fully saturated rings. The number of hydrogen-bond donors (Lipinski definition) is 2. The van der Waals surface area contributed by atoms with Crippen LogP contribution < -0.4 is 15.8 Å². The molecule has 33 heavy (non-hydrogen) atoms. The second-order valence-electron chi connectivity index (χ2n) is 11.5. The molecule has 5 unspecified atom stereocenters. The Kier molecular flexibility index (Phi) is 5.25. The summed E-state index contributed by atoms with van der Waals surface area (Å²) in [6.45, 7) is 13.1. The van der Waals surface area contributed by atoms with Gasteiger partial charge in [0.1, 0.15) is 0 Å². The van der Waals surface area contributed by atoms with E-state index in [1.807, 2.05) is 4.90 Å². The number of hydrogen-bond acceptors (Lipinski definition) is 6. The average molecular weight is 451 g/mol. The SMILES string of the molecule is C=CC(=O)N1CC2(CCN(c3nc4c(c(C5C(C)CCC6NNCC65)n3)CCCC4C)C2)C1. The Balaban J connectivity index is 1.33. The predicted molar refractivity (Wildman–Crippen MR) is 129 cm³/mol. The van der Waals surface area contributed by atoms with Crippen molar-refractivity contribution in [1.82, 2.24) is 25.7 Å². The summed E-state index contributed by atoms with van der Waals surface area (Å²) in [5.41, 5.74) is 11.3. The molecule has 1 aromatic rings. The van der Waals surface area contributed by atoms with Crippen molar-refractivity contribution in [2.75, 3.05) is 37.6 Å². The third-order valence-electron chi connectivity index (χ3n) is 9.32. The van der Waals surface area contributed by atoms with Gasteiger partial charge in [-0.2, -0.15) is 0 Å².